The molecule has 0 saturated heterocycles. The quantitative estimate of drug-likeness (QED) is 0.566. The van der Waals surface area contributed by atoms with E-state index in [2.05, 4.69) is 74.3 Å². The predicted octanol–water partition coefficient (Wildman–Crippen LogP) is 5.05. The lowest BCUT2D eigenvalue weighted by Crippen LogP contribution is -2.23. The molecule has 0 aliphatic carbocycles. The monoisotopic (exact) mass is 337 g/mol. The highest BCUT2D eigenvalue weighted by molar-refractivity contribution is 5.63. The molecule has 0 spiro atoms. The Morgan fingerprint density at radius 1 is 0.920 bits per heavy atom. The van der Waals surface area contributed by atoms with Crippen LogP contribution in [0.1, 0.15) is 55.2 Å². The lowest BCUT2D eigenvalue weighted by Gasteiger charge is -2.20. The van der Waals surface area contributed by atoms with Crippen molar-refractivity contribution < 1.29 is 4.79 Å². The van der Waals surface area contributed by atoms with Gasteiger partial charge in [0.05, 0.1) is 0 Å². The normalized spacial score (nSPS) is 12.5. The first-order chi connectivity index (χ1) is 12.1. The molecular weight excluding hydrogens is 306 g/mol. The molecule has 134 valence electrons. The number of likely N-dealkylation sites (N-methyl/N-ethyl adjacent to an activating group) is 1. The van der Waals surface area contributed by atoms with Gasteiger partial charge in [0.2, 0.25) is 0 Å². The second kappa shape index (κ2) is 10.1. The van der Waals surface area contributed by atoms with Crippen molar-refractivity contribution in [1.82, 2.24) is 4.90 Å². The van der Waals surface area contributed by atoms with Gasteiger partial charge in [-0.3, -0.25) is 0 Å². The van der Waals surface area contributed by atoms with Gasteiger partial charge < -0.3 is 9.69 Å². The number of hydrogen-bond acceptors (Lipinski definition) is 2. The second-order valence-electron chi connectivity index (χ2n) is 7.21. The summed E-state index contributed by atoms with van der Waals surface area (Å²) in [5, 5.41) is 0. The predicted molar refractivity (Wildman–Crippen MR) is 106 cm³/mol. The van der Waals surface area contributed by atoms with Crippen LogP contribution in [0.2, 0.25) is 0 Å². The smallest absolute Gasteiger partial charge is 0.127 e. The first-order valence-corrected chi connectivity index (χ1v) is 9.38. The third-order valence-corrected chi connectivity index (χ3v) is 4.86. The lowest BCUT2D eigenvalue weighted by molar-refractivity contribution is -0.109. The summed E-state index contributed by atoms with van der Waals surface area (Å²) < 4.78 is 0. The molecule has 2 heteroatoms. The molecule has 2 aromatic rings. The summed E-state index contributed by atoms with van der Waals surface area (Å²) >= 11 is 0. The number of nitrogens with zero attached hydrogens (tertiary/aromatic N) is 1. The fourth-order valence-electron chi connectivity index (χ4n) is 3.33. The number of hydrogen-bond donors (Lipinski definition) is 0. The van der Waals surface area contributed by atoms with E-state index in [1.54, 1.807) is 0 Å². The molecule has 0 aliphatic heterocycles. The molecule has 0 radical (unpaired) electrons. The largest absolute Gasteiger partial charge is 0.306 e. The maximum atomic E-state index is 11.7. The minimum atomic E-state index is 0.0149. The van der Waals surface area contributed by atoms with Crippen LogP contribution in [0, 0.1) is 0 Å². The lowest BCUT2D eigenvalue weighted by atomic mass is 9.87. The van der Waals surface area contributed by atoms with Gasteiger partial charge in [-0.25, -0.2) is 0 Å². The maximum Gasteiger partial charge on any atom is 0.127 e. The summed E-state index contributed by atoms with van der Waals surface area (Å²) in [4.78, 5) is 14.0. The van der Waals surface area contributed by atoms with Crippen LogP contribution < -0.4 is 0 Å². The zero-order valence-corrected chi connectivity index (χ0v) is 15.8. The molecule has 0 bridgehead atoms. The standard InChI is InChI=1S/C23H31NO/c1-19(2)22-13-7-8-14-23(22)21(18-25)12-9-16-24(3)17-15-20-10-5-4-6-11-20/h4-8,10-11,13-14,18-19,21H,9,12,15-17H2,1-3H3/t21-/m1/s1. The second-order valence-corrected chi connectivity index (χ2v) is 7.21. The molecule has 0 saturated carbocycles. The van der Waals surface area contributed by atoms with Crippen molar-refractivity contribution in [3.8, 4) is 0 Å². The minimum absolute atomic E-state index is 0.0149. The fourth-order valence-corrected chi connectivity index (χ4v) is 3.33. The van der Waals surface area contributed by atoms with E-state index >= 15 is 0 Å². The van der Waals surface area contributed by atoms with Crippen LogP contribution in [0.5, 0.6) is 0 Å². The number of rotatable bonds is 10. The zero-order chi connectivity index (χ0) is 18.1. The van der Waals surface area contributed by atoms with E-state index in [0.29, 0.717) is 5.92 Å². The van der Waals surface area contributed by atoms with Crippen LogP contribution in [0.4, 0.5) is 0 Å². The van der Waals surface area contributed by atoms with Crippen LogP contribution >= 0.6 is 0 Å². The van der Waals surface area contributed by atoms with Gasteiger partial charge >= 0.3 is 0 Å². The molecule has 0 aliphatic rings. The van der Waals surface area contributed by atoms with E-state index < -0.39 is 0 Å². The Bertz CT molecular complexity index is 636. The summed E-state index contributed by atoms with van der Waals surface area (Å²) in [5.41, 5.74) is 3.89. The summed E-state index contributed by atoms with van der Waals surface area (Å²) in [7, 11) is 2.17. The Morgan fingerprint density at radius 3 is 2.20 bits per heavy atom. The van der Waals surface area contributed by atoms with Crippen LogP contribution in [0.15, 0.2) is 54.6 Å². The average molecular weight is 338 g/mol. The molecule has 2 nitrogen and oxygen atoms in total. The number of carbonyl (C=O) groups is 1. The van der Waals surface area contributed by atoms with Gasteiger partial charge in [-0.1, -0.05) is 68.4 Å². The number of aldehydes is 1. The third-order valence-electron chi connectivity index (χ3n) is 4.86. The Hall–Kier alpha value is -1.93. The number of benzene rings is 2. The van der Waals surface area contributed by atoms with Crippen molar-refractivity contribution in [2.75, 3.05) is 20.1 Å². The zero-order valence-electron chi connectivity index (χ0n) is 15.8. The molecule has 0 unspecified atom stereocenters. The Labute approximate surface area is 152 Å². The highest BCUT2D eigenvalue weighted by Gasteiger charge is 2.16. The van der Waals surface area contributed by atoms with Crippen molar-refractivity contribution in [3.05, 3.63) is 71.3 Å². The molecule has 0 heterocycles. The minimum Gasteiger partial charge on any atom is -0.306 e. The highest BCUT2D eigenvalue weighted by atomic mass is 16.1. The van der Waals surface area contributed by atoms with E-state index in [-0.39, 0.29) is 5.92 Å². The van der Waals surface area contributed by atoms with Gasteiger partial charge in [0.1, 0.15) is 6.29 Å². The van der Waals surface area contributed by atoms with E-state index in [9.17, 15) is 4.79 Å². The third kappa shape index (κ3) is 6.13. The fraction of sp³-hybridized carbons (Fsp3) is 0.435. The van der Waals surface area contributed by atoms with E-state index in [4.69, 9.17) is 0 Å². The van der Waals surface area contributed by atoms with E-state index in [1.165, 1.54) is 16.7 Å². The van der Waals surface area contributed by atoms with Gasteiger partial charge in [-0.15, -0.1) is 0 Å². The first-order valence-electron chi connectivity index (χ1n) is 9.38. The van der Waals surface area contributed by atoms with Crippen LogP contribution in [-0.4, -0.2) is 31.3 Å². The Balaban J connectivity index is 1.82. The molecule has 2 rings (SSSR count). The topological polar surface area (TPSA) is 20.3 Å². The van der Waals surface area contributed by atoms with Gasteiger partial charge in [-0.05, 0) is 55.5 Å². The molecule has 0 aromatic heterocycles. The van der Waals surface area contributed by atoms with Crippen molar-refractivity contribution >= 4 is 6.29 Å². The summed E-state index contributed by atoms with van der Waals surface area (Å²) in [6, 6.07) is 19.0. The molecular formula is C23H31NO. The SMILES string of the molecule is CC(C)c1ccccc1[C@@H](C=O)CCCN(C)CCc1ccccc1. The van der Waals surface area contributed by atoms with Crippen molar-refractivity contribution in [2.24, 2.45) is 0 Å². The van der Waals surface area contributed by atoms with Crippen molar-refractivity contribution in [3.63, 3.8) is 0 Å². The van der Waals surface area contributed by atoms with Crippen molar-refractivity contribution in [1.29, 1.82) is 0 Å². The number of carbonyl (C=O) groups excluding carboxylic acids is 1. The van der Waals surface area contributed by atoms with Gasteiger partial charge in [-0.2, -0.15) is 0 Å². The molecule has 0 fully saturated rings. The summed E-state index contributed by atoms with van der Waals surface area (Å²) in [6.07, 6.45) is 4.17. The molecule has 2 aromatic carbocycles. The Kier molecular flexibility index (Phi) is 7.87. The molecule has 0 amide bonds. The van der Waals surface area contributed by atoms with E-state index in [1.807, 2.05) is 6.07 Å². The van der Waals surface area contributed by atoms with Crippen molar-refractivity contribution in [2.45, 2.75) is 44.9 Å². The average Bonchev–Trinajstić information content (AvgIpc) is 2.64. The molecule has 0 N–H and O–H groups in total. The Morgan fingerprint density at radius 2 is 1.56 bits per heavy atom. The molecule has 25 heavy (non-hydrogen) atoms. The van der Waals surface area contributed by atoms with E-state index in [0.717, 1.165) is 38.6 Å². The van der Waals surface area contributed by atoms with Gasteiger partial charge in [0.25, 0.3) is 0 Å². The highest BCUT2D eigenvalue weighted by Crippen LogP contribution is 2.28. The van der Waals surface area contributed by atoms with Crippen LogP contribution in [0.25, 0.3) is 0 Å². The maximum absolute atomic E-state index is 11.7. The summed E-state index contributed by atoms with van der Waals surface area (Å²) in [6.45, 7) is 6.47. The van der Waals surface area contributed by atoms with Crippen LogP contribution in [0.3, 0.4) is 0 Å². The first kappa shape index (κ1) is 19.4. The van der Waals surface area contributed by atoms with Crippen LogP contribution in [-0.2, 0) is 11.2 Å². The van der Waals surface area contributed by atoms with Gasteiger partial charge in [0.15, 0.2) is 0 Å². The summed E-state index contributed by atoms with van der Waals surface area (Å²) in [5.74, 6) is 0.466. The van der Waals surface area contributed by atoms with Gasteiger partial charge in [0, 0.05) is 12.5 Å². The molecule has 1 atom stereocenters.